The van der Waals surface area contributed by atoms with E-state index in [2.05, 4.69) is 5.32 Å². The first-order valence-corrected chi connectivity index (χ1v) is 5.48. The Labute approximate surface area is 86.1 Å². The van der Waals surface area contributed by atoms with E-state index in [1.54, 1.807) is 0 Å². The van der Waals surface area contributed by atoms with Gasteiger partial charge in [0.25, 0.3) is 0 Å². The summed E-state index contributed by atoms with van der Waals surface area (Å²) in [7, 11) is 0. The van der Waals surface area contributed by atoms with Crippen LogP contribution < -0.4 is 11.1 Å². The van der Waals surface area contributed by atoms with Crippen molar-refractivity contribution < 1.29 is 9.47 Å². The van der Waals surface area contributed by atoms with Crippen LogP contribution in [0.1, 0.15) is 26.7 Å². The largest absolute Gasteiger partial charge is 0.352 e. The molecule has 0 atom stereocenters. The van der Waals surface area contributed by atoms with Gasteiger partial charge in [-0.3, -0.25) is 0 Å². The van der Waals surface area contributed by atoms with E-state index in [1.807, 2.05) is 13.8 Å². The number of nitrogens with one attached hydrogen (secondary N) is 1. The maximum Gasteiger partial charge on any atom is 0.169 e. The minimum absolute atomic E-state index is 0.109. The molecule has 4 heteroatoms. The smallest absolute Gasteiger partial charge is 0.169 e. The molecule has 3 N–H and O–H groups in total. The van der Waals surface area contributed by atoms with Crippen LogP contribution in [0, 0.1) is 0 Å². The van der Waals surface area contributed by atoms with E-state index in [9.17, 15) is 0 Å². The molecule has 0 aliphatic heterocycles. The normalized spacial score (nSPS) is 26.6. The van der Waals surface area contributed by atoms with Crippen molar-refractivity contribution in [2.75, 3.05) is 19.8 Å². The third-order valence-electron chi connectivity index (χ3n) is 2.45. The lowest BCUT2D eigenvalue weighted by Crippen LogP contribution is -2.50. The van der Waals surface area contributed by atoms with Crippen LogP contribution in [0.2, 0.25) is 0 Å². The monoisotopic (exact) mass is 202 g/mol. The van der Waals surface area contributed by atoms with E-state index in [0.717, 1.165) is 19.4 Å². The summed E-state index contributed by atoms with van der Waals surface area (Å²) in [5, 5.41) is 3.39. The first-order valence-electron chi connectivity index (χ1n) is 5.48. The molecule has 0 amide bonds. The maximum absolute atomic E-state index is 5.69. The van der Waals surface area contributed by atoms with Crippen LogP contribution in [0.4, 0.5) is 0 Å². The highest BCUT2D eigenvalue weighted by Crippen LogP contribution is 2.17. The summed E-state index contributed by atoms with van der Waals surface area (Å²) in [6, 6.07) is 0.957. The van der Waals surface area contributed by atoms with E-state index >= 15 is 0 Å². The zero-order chi connectivity index (χ0) is 10.4. The summed E-state index contributed by atoms with van der Waals surface area (Å²) in [4.78, 5) is 0. The molecular formula is C10H22N2O2. The van der Waals surface area contributed by atoms with Gasteiger partial charge < -0.3 is 20.5 Å². The van der Waals surface area contributed by atoms with Crippen molar-refractivity contribution >= 4 is 0 Å². The van der Waals surface area contributed by atoms with E-state index in [-0.39, 0.29) is 6.29 Å². The number of hydrogen-bond acceptors (Lipinski definition) is 4. The van der Waals surface area contributed by atoms with Gasteiger partial charge in [0, 0.05) is 31.8 Å². The van der Waals surface area contributed by atoms with Crippen molar-refractivity contribution in [3.8, 4) is 0 Å². The van der Waals surface area contributed by atoms with Crippen molar-refractivity contribution in [1.29, 1.82) is 0 Å². The van der Waals surface area contributed by atoms with Gasteiger partial charge in [-0.05, 0) is 26.7 Å². The number of ether oxygens (including phenoxy) is 2. The van der Waals surface area contributed by atoms with Crippen LogP contribution in [-0.4, -0.2) is 38.1 Å². The molecule has 0 spiro atoms. The first-order chi connectivity index (χ1) is 6.76. The van der Waals surface area contributed by atoms with Gasteiger partial charge >= 0.3 is 0 Å². The van der Waals surface area contributed by atoms with Crippen LogP contribution >= 0.6 is 0 Å². The van der Waals surface area contributed by atoms with Crippen molar-refractivity contribution in [1.82, 2.24) is 5.32 Å². The molecule has 1 rings (SSSR count). The molecule has 0 saturated heterocycles. The standard InChI is InChI=1S/C10H22N2O2/c1-3-13-10(14-4-2)7-12-9-5-8(11)6-9/h8-10,12H,3-7,11H2,1-2H3. The van der Waals surface area contributed by atoms with Gasteiger partial charge in [0.2, 0.25) is 0 Å². The molecule has 4 nitrogen and oxygen atoms in total. The Morgan fingerprint density at radius 1 is 1.29 bits per heavy atom. The van der Waals surface area contributed by atoms with Gasteiger partial charge in [-0.25, -0.2) is 0 Å². The van der Waals surface area contributed by atoms with Crippen molar-refractivity contribution in [2.45, 2.75) is 45.1 Å². The Bertz CT molecular complexity index is 143. The number of hydrogen-bond donors (Lipinski definition) is 2. The van der Waals surface area contributed by atoms with Gasteiger partial charge in [-0.1, -0.05) is 0 Å². The summed E-state index contributed by atoms with van der Waals surface area (Å²) in [5.41, 5.74) is 5.69. The molecule has 0 radical (unpaired) electrons. The second kappa shape index (κ2) is 6.35. The third-order valence-corrected chi connectivity index (χ3v) is 2.45. The van der Waals surface area contributed by atoms with Crippen molar-refractivity contribution in [3.63, 3.8) is 0 Å². The fourth-order valence-electron chi connectivity index (χ4n) is 1.63. The average Bonchev–Trinajstić information content (AvgIpc) is 2.11. The van der Waals surface area contributed by atoms with E-state index in [4.69, 9.17) is 15.2 Å². The predicted octanol–water partition coefficient (Wildman–Crippen LogP) is 0.465. The molecule has 1 aliphatic rings. The number of rotatable bonds is 7. The highest BCUT2D eigenvalue weighted by Gasteiger charge is 2.25. The van der Waals surface area contributed by atoms with Crippen LogP contribution in [0.25, 0.3) is 0 Å². The highest BCUT2D eigenvalue weighted by molar-refractivity contribution is 4.87. The lowest BCUT2D eigenvalue weighted by Gasteiger charge is -2.34. The van der Waals surface area contributed by atoms with Crippen molar-refractivity contribution in [3.05, 3.63) is 0 Å². The quantitative estimate of drug-likeness (QED) is 0.589. The summed E-state index contributed by atoms with van der Waals surface area (Å²) in [6.07, 6.45) is 2.04. The van der Waals surface area contributed by atoms with Crippen LogP contribution in [-0.2, 0) is 9.47 Å². The Morgan fingerprint density at radius 3 is 2.29 bits per heavy atom. The van der Waals surface area contributed by atoms with Crippen molar-refractivity contribution in [2.24, 2.45) is 5.73 Å². The van der Waals surface area contributed by atoms with Gasteiger partial charge in [-0.15, -0.1) is 0 Å². The predicted molar refractivity (Wildman–Crippen MR) is 56.0 cm³/mol. The maximum atomic E-state index is 5.69. The Kier molecular flexibility index (Phi) is 5.40. The summed E-state index contributed by atoms with van der Waals surface area (Å²) in [6.45, 7) is 6.10. The van der Waals surface area contributed by atoms with Crippen LogP contribution in [0.5, 0.6) is 0 Å². The van der Waals surface area contributed by atoms with Gasteiger partial charge in [-0.2, -0.15) is 0 Å². The van der Waals surface area contributed by atoms with Gasteiger partial charge in [0.05, 0.1) is 0 Å². The lowest BCUT2D eigenvalue weighted by molar-refractivity contribution is -0.134. The average molecular weight is 202 g/mol. The molecule has 1 saturated carbocycles. The molecule has 84 valence electrons. The molecule has 14 heavy (non-hydrogen) atoms. The number of nitrogens with two attached hydrogens (primary N) is 1. The van der Waals surface area contributed by atoms with Gasteiger partial charge in [0.1, 0.15) is 0 Å². The highest BCUT2D eigenvalue weighted by atomic mass is 16.7. The topological polar surface area (TPSA) is 56.5 Å². The second-order valence-corrected chi connectivity index (χ2v) is 3.68. The Morgan fingerprint density at radius 2 is 1.86 bits per heavy atom. The fraction of sp³-hybridized carbons (Fsp3) is 1.00. The zero-order valence-corrected chi connectivity index (χ0v) is 9.16. The van der Waals surface area contributed by atoms with Crippen LogP contribution in [0.3, 0.4) is 0 Å². The first kappa shape index (κ1) is 11.9. The third kappa shape index (κ3) is 3.92. The molecule has 0 aromatic carbocycles. The molecule has 1 fully saturated rings. The zero-order valence-electron chi connectivity index (χ0n) is 9.16. The molecule has 0 aromatic rings. The minimum Gasteiger partial charge on any atom is -0.352 e. The molecular weight excluding hydrogens is 180 g/mol. The minimum atomic E-state index is -0.109. The Hall–Kier alpha value is -0.160. The van der Waals surface area contributed by atoms with E-state index in [1.165, 1.54) is 0 Å². The SMILES string of the molecule is CCOC(CNC1CC(N)C1)OCC. The van der Waals surface area contributed by atoms with Gasteiger partial charge in [0.15, 0.2) is 6.29 Å². The van der Waals surface area contributed by atoms with Crippen LogP contribution in [0.15, 0.2) is 0 Å². The molecule has 1 aliphatic carbocycles. The fourth-order valence-corrected chi connectivity index (χ4v) is 1.63. The molecule has 0 bridgehead atoms. The second-order valence-electron chi connectivity index (χ2n) is 3.68. The molecule has 0 heterocycles. The Balaban J connectivity index is 2.06. The summed E-state index contributed by atoms with van der Waals surface area (Å²) >= 11 is 0. The molecule has 0 aromatic heterocycles. The summed E-state index contributed by atoms with van der Waals surface area (Å²) < 4.78 is 10.8. The summed E-state index contributed by atoms with van der Waals surface area (Å²) in [5.74, 6) is 0. The van der Waals surface area contributed by atoms with E-state index < -0.39 is 0 Å². The molecule has 0 unspecified atom stereocenters. The lowest BCUT2D eigenvalue weighted by atomic mass is 9.88. The van der Waals surface area contributed by atoms with E-state index in [0.29, 0.717) is 25.3 Å².